The number of nitrogen functional groups attached to an aromatic ring is 1. The van der Waals surface area contributed by atoms with E-state index in [9.17, 15) is 12.8 Å². The van der Waals surface area contributed by atoms with Crippen LogP contribution in [0.5, 0.6) is 0 Å². The summed E-state index contributed by atoms with van der Waals surface area (Å²) in [6, 6.07) is 7.76. The van der Waals surface area contributed by atoms with E-state index in [-0.39, 0.29) is 17.4 Å². The maximum atomic E-state index is 14.7. The summed E-state index contributed by atoms with van der Waals surface area (Å²) in [5.41, 5.74) is 7.04. The Balaban J connectivity index is 0.00000101. The molecule has 30 heavy (non-hydrogen) atoms. The third kappa shape index (κ3) is 4.95. The predicted molar refractivity (Wildman–Crippen MR) is 111 cm³/mol. The molecular formula is C20H21FN4O4S. The molecule has 2 aromatic heterocycles. The van der Waals surface area contributed by atoms with Crippen LogP contribution < -0.4 is 5.73 Å². The molecule has 0 fully saturated rings. The van der Waals surface area contributed by atoms with Crippen molar-refractivity contribution in [3.8, 4) is 22.3 Å². The molecular weight excluding hydrogens is 411 g/mol. The zero-order valence-electron chi connectivity index (χ0n) is 16.4. The Labute approximate surface area is 173 Å². The summed E-state index contributed by atoms with van der Waals surface area (Å²) in [5, 5.41) is 6.27. The summed E-state index contributed by atoms with van der Waals surface area (Å²) in [7, 11) is -3.62. The number of benzene rings is 1. The Hall–Kier alpha value is -3.40. The van der Waals surface area contributed by atoms with E-state index >= 15 is 0 Å². The number of sulfone groups is 1. The van der Waals surface area contributed by atoms with E-state index in [2.05, 4.69) is 15.0 Å². The highest BCUT2D eigenvalue weighted by Crippen LogP contribution is 2.32. The number of aromatic nitrogens is 3. The molecule has 2 heterocycles. The standard InChI is InChI=1S/C19H19FN4O2S.CH2O2/c1-3-12(2)27(25,26)18-16(5-4-8-22-18)13-6-7-15(17(20)9-13)14-10-23-19(21)24-11-14;2-1-3/h4-12H,3H2,1-2H3,(H2,21,23,24);1H,(H,2,3). The lowest BCUT2D eigenvalue weighted by Crippen LogP contribution is -2.19. The molecule has 1 atom stereocenters. The van der Waals surface area contributed by atoms with Gasteiger partial charge in [0.1, 0.15) is 5.82 Å². The molecule has 158 valence electrons. The number of hydrogen-bond donors (Lipinski definition) is 2. The van der Waals surface area contributed by atoms with Crippen molar-refractivity contribution in [2.45, 2.75) is 30.5 Å². The fourth-order valence-electron chi connectivity index (χ4n) is 2.64. The Kier molecular flexibility index (Phi) is 7.54. The minimum Gasteiger partial charge on any atom is -0.483 e. The highest BCUT2D eigenvalue weighted by molar-refractivity contribution is 7.92. The fourth-order valence-corrected chi connectivity index (χ4v) is 4.16. The Morgan fingerprint density at radius 2 is 1.77 bits per heavy atom. The maximum absolute atomic E-state index is 14.7. The van der Waals surface area contributed by atoms with Crippen molar-refractivity contribution in [3.63, 3.8) is 0 Å². The van der Waals surface area contributed by atoms with E-state index in [0.717, 1.165) is 0 Å². The molecule has 0 spiro atoms. The van der Waals surface area contributed by atoms with Crippen molar-refractivity contribution in [2.24, 2.45) is 0 Å². The van der Waals surface area contributed by atoms with Gasteiger partial charge in [0.05, 0.1) is 5.25 Å². The van der Waals surface area contributed by atoms with Gasteiger partial charge >= 0.3 is 0 Å². The van der Waals surface area contributed by atoms with Crippen molar-refractivity contribution < 1.29 is 22.7 Å². The molecule has 10 heteroatoms. The average Bonchev–Trinajstić information content (AvgIpc) is 2.74. The topological polar surface area (TPSA) is 136 Å². The zero-order valence-corrected chi connectivity index (χ0v) is 17.2. The van der Waals surface area contributed by atoms with Crippen LogP contribution in [0.4, 0.5) is 10.3 Å². The van der Waals surface area contributed by atoms with Gasteiger partial charge in [-0.2, -0.15) is 0 Å². The van der Waals surface area contributed by atoms with Crippen LogP contribution in [0.2, 0.25) is 0 Å². The number of carbonyl (C=O) groups is 1. The highest BCUT2D eigenvalue weighted by atomic mass is 32.2. The number of pyridine rings is 1. The van der Waals surface area contributed by atoms with Gasteiger partial charge in [-0.3, -0.25) is 4.79 Å². The first-order valence-corrected chi connectivity index (χ1v) is 10.4. The zero-order chi connectivity index (χ0) is 22.3. The summed E-state index contributed by atoms with van der Waals surface area (Å²) in [4.78, 5) is 20.2. The average molecular weight is 432 g/mol. The van der Waals surface area contributed by atoms with Gasteiger partial charge in [-0.1, -0.05) is 19.1 Å². The summed E-state index contributed by atoms with van der Waals surface area (Å²) < 4.78 is 40.3. The molecule has 0 radical (unpaired) electrons. The van der Waals surface area contributed by atoms with Gasteiger partial charge < -0.3 is 10.8 Å². The van der Waals surface area contributed by atoms with Crippen molar-refractivity contribution in [1.82, 2.24) is 15.0 Å². The molecule has 0 aliphatic heterocycles. The summed E-state index contributed by atoms with van der Waals surface area (Å²) in [6.07, 6.45) is 4.75. The molecule has 0 aliphatic rings. The minimum atomic E-state index is -3.62. The second-order valence-corrected chi connectivity index (χ2v) is 8.53. The van der Waals surface area contributed by atoms with Crippen LogP contribution in [0.3, 0.4) is 0 Å². The predicted octanol–water partition coefficient (Wildman–Crippen LogP) is 3.20. The van der Waals surface area contributed by atoms with E-state index in [4.69, 9.17) is 15.6 Å². The molecule has 0 saturated heterocycles. The fraction of sp³-hybridized carbons (Fsp3) is 0.200. The number of hydrogen-bond acceptors (Lipinski definition) is 7. The molecule has 0 saturated carbocycles. The first-order valence-electron chi connectivity index (χ1n) is 8.90. The number of halogens is 1. The molecule has 8 nitrogen and oxygen atoms in total. The lowest BCUT2D eigenvalue weighted by Gasteiger charge is -2.14. The SMILES string of the molecule is CCC(C)S(=O)(=O)c1ncccc1-c1ccc(-c2cnc(N)nc2)c(F)c1.O=CO. The van der Waals surface area contributed by atoms with Crippen LogP contribution in [0, 0.1) is 5.82 Å². The van der Waals surface area contributed by atoms with E-state index in [1.165, 1.54) is 24.7 Å². The van der Waals surface area contributed by atoms with Gasteiger partial charge in [-0.05, 0) is 37.1 Å². The maximum Gasteiger partial charge on any atom is 0.290 e. The van der Waals surface area contributed by atoms with Crippen LogP contribution in [-0.2, 0) is 14.6 Å². The van der Waals surface area contributed by atoms with E-state index < -0.39 is 20.9 Å². The van der Waals surface area contributed by atoms with Crippen molar-refractivity contribution in [3.05, 3.63) is 54.7 Å². The van der Waals surface area contributed by atoms with Gasteiger partial charge in [0, 0.05) is 35.3 Å². The number of anilines is 1. The van der Waals surface area contributed by atoms with Gasteiger partial charge in [0.2, 0.25) is 5.95 Å². The Morgan fingerprint density at radius 3 is 2.33 bits per heavy atom. The minimum absolute atomic E-state index is 0.0395. The largest absolute Gasteiger partial charge is 0.483 e. The van der Waals surface area contributed by atoms with E-state index in [0.29, 0.717) is 28.7 Å². The normalized spacial score (nSPS) is 11.8. The van der Waals surface area contributed by atoms with E-state index in [1.54, 1.807) is 38.1 Å². The lowest BCUT2D eigenvalue weighted by atomic mass is 10.0. The quantitative estimate of drug-likeness (QED) is 0.587. The molecule has 3 aromatic rings. The number of nitrogens with zero attached hydrogens (tertiary/aromatic N) is 3. The molecule has 3 rings (SSSR count). The number of rotatable bonds is 5. The molecule has 0 amide bonds. The van der Waals surface area contributed by atoms with E-state index in [1.807, 2.05) is 0 Å². The third-order valence-corrected chi connectivity index (χ3v) is 6.67. The highest BCUT2D eigenvalue weighted by Gasteiger charge is 2.26. The second-order valence-electron chi connectivity index (χ2n) is 6.25. The molecule has 1 unspecified atom stereocenters. The smallest absolute Gasteiger partial charge is 0.290 e. The molecule has 0 aliphatic carbocycles. The summed E-state index contributed by atoms with van der Waals surface area (Å²) in [6.45, 7) is 3.19. The molecule has 0 bridgehead atoms. The number of carboxylic acid groups (broad SMARTS) is 1. The van der Waals surface area contributed by atoms with Crippen LogP contribution in [-0.4, -0.2) is 40.2 Å². The Bertz CT molecular complexity index is 1120. The van der Waals surface area contributed by atoms with Crippen LogP contribution in [0.1, 0.15) is 20.3 Å². The summed E-state index contributed by atoms with van der Waals surface area (Å²) in [5.74, 6) is -0.414. The van der Waals surface area contributed by atoms with Gasteiger partial charge in [-0.25, -0.2) is 27.8 Å². The molecule has 1 aromatic carbocycles. The lowest BCUT2D eigenvalue weighted by molar-refractivity contribution is -0.122. The monoisotopic (exact) mass is 432 g/mol. The van der Waals surface area contributed by atoms with Crippen molar-refractivity contribution >= 4 is 22.3 Å². The van der Waals surface area contributed by atoms with Crippen molar-refractivity contribution in [1.29, 1.82) is 0 Å². The molecule has 3 N–H and O–H groups in total. The van der Waals surface area contributed by atoms with Crippen LogP contribution in [0.25, 0.3) is 22.3 Å². The van der Waals surface area contributed by atoms with Crippen LogP contribution >= 0.6 is 0 Å². The van der Waals surface area contributed by atoms with Gasteiger partial charge in [0.15, 0.2) is 14.9 Å². The van der Waals surface area contributed by atoms with Gasteiger partial charge in [0.25, 0.3) is 6.47 Å². The third-order valence-electron chi connectivity index (χ3n) is 4.41. The van der Waals surface area contributed by atoms with Crippen LogP contribution in [0.15, 0.2) is 53.9 Å². The second kappa shape index (κ2) is 9.88. The van der Waals surface area contributed by atoms with Gasteiger partial charge in [-0.15, -0.1) is 0 Å². The van der Waals surface area contributed by atoms with Crippen molar-refractivity contribution in [2.75, 3.05) is 5.73 Å². The summed E-state index contributed by atoms with van der Waals surface area (Å²) >= 11 is 0. The Morgan fingerprint density at radius 1 is 1.13 bits per heavy atom. The first-order chi connectivity index (χ1) is 14.3. The number of nitrogens with two attached hydrogens (primary N) is 1. The first kappa shape index (κ1) is 22.9.